The van der Waals surface area contributed by atoms with Gasteiger partial charge in [-0.15, -0.1) is 0 Å². The van der Waals surface area contributed by atoms with Crippen LogP contribution in [0.1, 0.15) is 50.5 Å². The van der Waals surface area contributed by atoms with Crippen molar-refractivity contribution in [2.45, 2.75) is 50.9 Å². The van der Waals surface area contributed by atoms with E-state index < -0.39 is 5.97 Å². The summed E-state index contributed by atoms with van der Waals surface area (Å²) in [6, 6.07) is 0. The number of carbonyl (C=O) groups is 1. The Morgan fingerprint density at radius 1 is 1.56 bits per heavy atom. The highest BCUT2D eigenvalue weighted by molar-refractivity contribution is 5.66. The van der Waals surface area contributed by atoms with Crippen molar-refractivity contribution in [3.8, 4) is 0 Å². The molecule has 0 bridgehead atoms. The molecule has 1 heterocycles. The molecule has 0 atom stereocenters. The minimum atomic E-state index is -0.773. The van der Waals surface area contributed by atoms with Gasteiger partial charge >= 0.3 is 5.97 Å². The van der Waals surface area contributed by atoms with Crippen LogP contribution >= 0.6 is 0 Å². The van der Waals surface area contributed by atoms with Gasteiger partial charge in [0, 0.05) is 23.7 Å². The second kappa shape index (κ2) is 4.28. The number of carboxylic acid groups (broad SMARTS) is 1. The summed E-state index contributed by atoms with van der Waals surface area (Å²) in [6.45, 7) is 2.26. The maximum atomic E-state index is 10.5. The van der Waals surface area contributed by atoms with Gasteiger partial charge in [-0.1, -0.05) is 19.8 Å². The number of nitrogens with one attached hydrogen (secondary N) is 1. The molecule has 0 saturated heterocycles. The number of nitrogens with zero attached hydrogens (tertiary/aromatic N) is 1. The average Bonchev–Trinajstić information content (AvgIpc) is 2.84. The van der Waals surface area contributed by atoms with E-state index in [0.29, 0.717) is 6.42 Å². The molecule has 1 aliphatic rings. The zero-order valence-electron chi connectivity index (χ0n) is 9.62. The summed E-state index contributed by atoms with van der Waals surface area (Å²) < 4.78 is 0. The zero-order chi connectivity index (χ0) is 11.6. The van der Waals surface area contributed by atoms with Crippen LogP contribution in [0.25, 0.3) is 0 Å². The molecule has 1 aromatic heterocycles. The number of imidazole rings is 1. The summed E-state index contributed by atoms with van der Waals surface area (Å²) in [4.78, 5) is 18.0. The first-order valence-corrected chi connectivity index (χ1v) is 5.86. The fraction of sp³-hybridized carbons (Fsp3) is 0.667. The number of aromatic nitrogens is 2. The van der Waals surface area contributed by atoms with Gasteiger partial charge in [-0.05, 0) is 12.8 Å². The van der Waals surface area contributed by atoms with Crippen LogP contribution in [0.5, 0.6) is 0 Å². The highest BCUT2D eigenvalue weighted by atomic mass is 16.4. The third kappa shape index (κ3) is 2.26. The normalized spacial score (nSPS) is 18.8. The van der Waals surface area contributed by atoms with E-state index in [4.69, 9.17) is 5.11 Å². The smallest absolute Gasteiger partial charge is 0.303 e. The van der Waals surface area contributed by atoms with E-state index in [9.17, 15) is 4.79 Å². The highest BCUT2D eigenvalue weighted by Crippen LogP contribution is 2.39. The lowest BCUT2D eigenvalue weighted by Gasteiger charge is -2.21. The molecular weight excluding hydrogens is 204 g/mol. The van der Waals surface area contributed by atoms with Crippen molar-refractivity contribution in [3.63, 3.8) is 0 Å². The van der Waals surface area contributed by atoms with E-state index in [1.807, 2.05) is 6.20 Å². The number of hydrogen-bond donors (Lipinski definition) is 2. The monoisotopic (exact) mass is 222 g/mol. The molecule has 2 N–H and O–H groups in total. The number of aryl methyl sites for hydroxylation is 1. The molecule has 0 aromatic carbocycles. The van der Waals surface area contributed by atoms with Gasteiger partial charge in [-0.25, -0.2) is 4.98 Å². The maximum Gasteiger partial charge on any atom is 0.303 e. The summed E-state index contributed by atoms with van der Waals surface area (Å²) in [6.07, 6.45) is 7.47. The SMILES string of the molecule is CC1(c2cnc(CCC(=O)O)[nH]2)CCCC1. The first-order valence-electron chi connectivity index (χ1n) is 5.86. The van der Waals surface area contributed by atoms with Crippen molar-refractivity contribution in [2.75, 3.05) is 0 Å². The molecule has 4 heteroatoms. The molecule has 1 fully saturated rings. The molecular formula is C12H18N2O2. The Morgan fingerprint density at radius 2 is 2.25 bits per heavy atom. The third-order valence-electron chi connectivity index (χ3n) is 3.56. The minimum absolute atomic E-state index is 0.143. The molecule has 0 spiro atoms. The van der Waals surface area contributed by atoms with Crippen LogP contribution in [-0.4, -0.2) is 21.0 Å². The topological polar surface area (TPSA) is 66.0 Å². The van der Waals surface area contributed by atoms with Crippen LogP contribution in [0.4, 0.5) is 0 Å². The third-order valence-corrected chi connectivity index (χ3v) is 3.56. The summed E-state index contributed by atoms with van der Waals surface area (Å²) in [7, 11) is 0. The second-order valence-electron chi connectivity index (χ2n) is 4.91. The maximum absolute atomic E-state index is 10.5. The molecule has 1 saturated carbocycles. The quantitative estimate of drug-likeness (QED) is 0.821. The Morgan fingerprint density at radius 3 is 2.88 bits per heavy atom. The molecule has 1 aromatic rings. The van der Waals surface area contributed by atoms with Gasteiger partial charge in [0.15, 0.2) is 0 Å². The highest BCUT2D eigenvalue weighted by Gasteiger charge is 2.32. The lowest BCUT2D eigenvalue weighted by molar-refractivity contribution is -0.137. The van der Waals surface area contributed by atoms with Gasteiger partial charge in [0.1, 0.15) is 5.82 Å². The van der Waals surface area contributed by atoms with E-state index in [0.717, 1.165) is 5.82 Å². The molecule has 16 heavy (non-hydrogen) atoms. The molecule has 0 amide bonds. The van der Waals surface area contributed by atoms with Crippen LogP contribution in [0, 0.1) is 0 Å². The van der Waals surface area contributed by atoms with Gasteiger partial charge in [0.05, 0.1) is 6.42 Å². The van der Waals surface area contributed by atoms with Crippen molar-refractivity contribution < 1.29 is 9.90 Å². The lowest BCUT2D eigenvalue weighted by atomic mass is 9.86. The summed E-state index contributed by atoms with van der Waals surface area (Å²) in [5.74, 6) is 0.0237. The Labute approximate surface area is 95.1 Å². The standard InChI is InChI=1S/C12H18N2O2/c1-12(6-2-3-7-12)9-8-13-10(14-9)4-5-11(15)16/h8H,2-7H2,1H3,(H,13,14)(H,15,16). The largest absolute Gasteiger partial charge is 0.481 e. The fourth-order valence-corrected chi connectivity index (χ4v) is 2.45. The van der Waals surface area contributed by atoms with Crippen LogP contribution < -0.4 is 0 Å². The van der Waals surface area contributed by atoms with Crippen LogP contribution in [-0.2, 0) is 16.6 Å². The average molecular weight is 222 g/mol. The van der Waals surface area contributed by atoms with E-state index in [2.05, 4.69) is 16.9 Å². The van der Waals surface area contributed by atoms with Crippen molar-refractivity contribution in [2.24, 2.45) is 0 Å². The molecule has 0 aliphatic heterocycles. The van der Waals surface area contributed by atoms with Gasteiger partial charge < -0.3 is 10.1 Å². The van der Waals surface area contributed by atoms with Crippen molar-refractivity contribution in [1.82, 2.24) is 9.97 Å². The second-order valence-corrected chi connectivity index (χ2v) is 4.91. The number of aromatic amines is 1. The van der Waals surface area contributed by atoms with Crippen LogP contribution in [0.2, 0.25) is 0 Å². The van der Waals surface area contributed by atoms with Crippen molar-refractivity contribution >= 4 is 5.97 Å². The number of aliphatic carboxylic acids is 1. The summed E-state index contributed by atoms with van der Waals surface area (Å²) >= 11 is 0. The number of hydrogen-bond acceptors (Lipinski definition) is 2. The van der Waals surface area contributed by atoms with Gasteiger partial charge in [0.2, 0.25) is 0 Å². The lowest BCUT2D eigenvalue weighted by Crippen LogP contribution is -2.17. The van der Waals surface area contributed by atoms with Gasteiger partial charge in [-0.2, -0.15) is 0 Å². The number of carboxylic acids is 1. The van der Waals surface area contributed by atoms with Crippen LogP contribution in [0.15, 0.2) is 6.20 Å². The van der Waals surface area contributed by atoms with Gasteiger partial charge in [-0.3, -0.25) is 4.79 Å². The molecule has 1 aliphatic carbocycles. The Kier molecular flexibility index (Phi) is 2.99. The van der Waals surface area contributed by atoms with E-state index >= 15 is 0 Å². The first kappa shape index (κ1) is 11.2. The van der Waals surface area contributed by atoms with E-state index in [1.54, 1.807) is 0 Å². The summed E-state index contributed by atoms with van der Waals surface area (Å²) in [5.41, 5.74) is 1.40. The molecule has 2 rings (SSSR count). The predicted molar refractivity (Wildman–Crippen MR) is 60.4 cm³/mol. The van der Waals surface area contributed by atoms with Gasteiger partial charge in [0.25, 0.3) is 0 Å². The van der Waals surface area contributed by atoms with Crippen molar-refractivity contribution in [1.29, 1.82) is 0 Å². The zero-order valence-corrected chi connectivity index (χ0v) is 9.62. The Hall–Kier alpha value is -1.32. The molecule has 0 radical (unpaired) electrons. The summed E-state index contributed by atoms with van der Waals surface area (Å²) in [5, 5.41) is 8.60. The van der Waals surface area contributed by atoms with E-state index in [-0.39, 0.29) is 11.8 Å². The Balaban J connectivity index is 2.04. The number of H-pyrrole nitrogens is 1. The predicted octanol–water partition coefficient (Wildman–Crippen LogP) is 2.26. The minimum Gasteiger partial charge on any atom is -0.481 e. The Bertz CT molecular complexity index is 378. The van der Waals surface area contributed by atoms with Crippen LogP contribution in [0.3, 0.4) is 0 Å². The van der Waals surface area contributed by atoms with Crippen molar-refractivity contribution in [3.05, 3.63) is 17.7 Å². The number of rotatable bonds is 4. The molecule has 4 nitrogen and oxygen atoms in total. The fourth-order valence-electron chi connectivity index (χ4n) is 2.45. The molecule has 88 valence electrons. The molecule has 0 unspecified atom stereocenters. The van der Waals surface area contributed by atoms with E-state index in [1.165, 1.54) is 31.4 Å². The first-order chi connectivity index (χ1) is 7.60.